The van der Waals surface area contributed by atoms with Crippen LogP contribution in [0.1, 0.15) is 22.6 Å². The number of carbonyl (C=O) groups is 8. The van der Waals surface area contributed by atoms with E-state index < -0.39 is 64.2 Å². The van der Waals surface area contributed by atoms with Crippen molar-refractivity contribution < 1.29 is 70.8 Å². The molecule has 20 rings (SSSR count). The van der Waals surface area contributed by atoms with Crippen LogP contribution in [-0.4, -0.2) is 146 Å². The highest BCUT2D eigenvalue weighted by molar-refractivity contribution is 8.01. The van der Waals surface area contributed by atoms with Gasteiger partial charge in [-0.2, -0.15) is 0 Å². The second-order valence-corrected chi connectivity index (χ2v) is 31.3. The number of rotatable bonds is 9. The van der Waals surface area contributed by atoms with Gasteiger partial charge in [-0.25, -0.2) is 48.6 Å². The van der Waals surface area contributed by atoms with E-state index in [1.165, 1.54) is 46.5 Å². The van der Waals surface area contributed by atoms with Crippen molar-refractivity contribution in [3.63, 3.8) is 0 Å². The lowest BCUT2D eigenvalue weighted by Gasteiger charge is -2.34. The van der Waals surface area contributed by atoms with Gasteiger partial charge in [-0.3, -0.25) is 58.0 Å². The Balaban J connectivity index is 0.712. The Morgan fingerprint density at radius 1 is 0.564 bits per heavy atom. The van der Waals surface area contributed by atoms with Gasteiger partial charge in [-0.15, -0.1) is 52.1 Å². The minimum Gasteiger partial charge on any atom is -0.486 e. The fourth-order valence-electron chi connectivity index (χ4n) is 13.5. The van der Waals surface area contributed by atoms with Crippen molar-refractivity contribution in [2.45, 2.75) is 36.0 Å². The van der Waals surface area contributed by atoms with E-state index in [9.17, 15) is 28.8 Å². The molecule has 2 aromatic carbocycles. The molecule has 31 nitrogen and oxygen atoms in total. The number of aromatic nitrogens is 10. The number of anilines is 12. The van der Waals surface area contributed by atoms with E-state index in [0.717, 1.165) is 86.2 Å². The zero-order valence-electron chi connectivity index (χ0n) is 55.2. The fourth-order valence-corrected chi connectivity index (χ4v) is 18.9. The third-order valence-electron chi connectivity index (χ3n) is 18.3. The quantitative estimate of drug-likeness (QED) is 0.104. The van der Waals surface area contributed by atoms with Crippen molar-refractivity contribution in [3.8, 4) is 62.7 Å². The van der Waals surface area contributed by atoms with Gasteiger partial charge >= 0.3 is 0 Å². The number of amides is 8. The minimum absolute atomic E-state index is 0.00105. The maximum atomic E-state index is 17.0. The van der Waals surface area contributed by atoms with Crippen LogP contribution in [0.25, 0.3) is 44.2 Å². The first-order valence-corrected chi connectivity index (χ1v) is 38.8. The number of halogens is 3. The molecule has 0 saturated carbocycles. The molecule has 2 atom stereocenters. The van der Waals surface area contributed by atoms with Crippen molar-refractivity contribution in [1.82, 2.24) is 49.5 Å². The van der Waals surface area contributed by atoms with Crippen molar-refractivity contribution in [2.75, 3.05) is 90.3 Å². The number of hydrogen-bond donors (Lipinski definition) is 4. The maximum Gasteiger partial charge on any atom is 0.270 e. The van der Waals surface area contributed by atoms with Crippen LogP contribution in [0.15, 0.2) is 122 Å². The summed E-state index contributed by atoms with van der Waals surface area (Å²) in [6, 6.07) is 20.8. The summed E-state index contributed by atoms with van der Waals surface area (Å²) in [5.41, 5.74) is 1.41. The lowest BCUT2D eigenvalue weighted by atomic mass is 10.0. The smallest absolute Gasteiger partial charge is 0.270 e. The van der Waals surface area contributed by atoms with Crippen LogP contribution in [0.3, 0.4) is 0 Å². The van der Waals surface area contributed by atoms with E-state index in [4.69, 9.17) is 65.2 Å². The number of fused-ring (bicyclic) bond motifs is 10. The molecular formula is C70H38ClF2N18O13S6. The molecule has 543 valence electrons. The molecule has 11 aromatic rings. The van der Waals surface area contributed by atoms with E-state index in [0.29, 0.717) is 41.6 Å². The second-order valence-electron chi connectivity index (χ2n) is 25.0. The molecular weight excluding hydrogens is 1570 g/mol. The van der Waals surface area contributed by atoms with Crippen LogP contribution >= 0.6 is 81.9 Å². The Morgan fingerprint density at radius 2 is 1.34 bits per heavy atom. The number of thioether (sulfide) groups is 5. The van der Waals surface area contributed by atoms with Crippen LogP contribution < -0.4 is 64.6 Å². The molecule has 40 heteroatoms. The molecule has 8 amide bonds. The van der Waals surface area contributed by atoms with Gasteiger partial charge in [0.15, 0.2) is 70.2 Å². The molecule has 0 fully saturated rings. The zero-order valence-corrected chi connectivity index (χ0v) is 60.9. The molecule has 110 heavy (non-hydrogen) atoms. The highest BCUT2D eigenvalue weighted by Gasteiger charge is 2.45. The van der Waals surface area contributed by atoms with Crippen molar-refractivity contribution in [3.05, 3.63) is 131 Å². The van der Waals surface area contributed by atoms with Crippen LogP contribution in [0.4, 0.5) is 77.8 Å². The first-order valence-electron chi connectivity index (χ1n) is 32.9. The van der Waals surface area contributed by atoms with Crippen molar-refractivity contribution in [2.24, 2.45) is 0 Å². The normalized spacial score (nSPS) is 18.0. The molecule has 9 aliphatic heterocycles. The summed E-state index contributed by atoms with van der Waals surface area (Å²) in [5.74, 6) is -6.09. The summed E-state index contributed by atoms with van der Waals surface area (Å²) in [6.07, 6.45) is 4.37. The Hall–Kier alpha value is -11.9. The van der Waals surface area contributed by atoms with Crippen LogP contribution in [0.5, 0.6) is 28.7 Å². The average Bonchev–Trinajstić information content (AvgIpc) is 0.818. The summed E-state index contributed by atoms with van der Waals surface area (Å²) >= 11 is 13.6. The fraction of sp³-hybridized carbons (Fsp3) is 0.143. The monoisotopic (exact) mass is 1600 g/mol. The molecule has 18 heterocycles. The lowest BCUT2D eigenvalue weighted by molar-refractivity contribution is -0.124. The Kier molecular flexibility index (Phi) is 16.1. The first-order chi connectivity index (χ1) is 53.5. The molecule has 2 unspecified atom stereocenters. The van der Waals surface area contributed by atoms with Crippen LogP contribution in [0.2, 0.25) is 5.02 Å². The molecule has 9 aliphatic rings. The van der Waals surface area contributed by atoms with E-state index in [-0.39, 0.29) is 197 Å². The van der Waals surface area contributed by atoms with Crippen molar-refractivity contribution in [1.29, 1.82) is 0 Å². The van der Waals surface area contributed by atoms with E-state index in [2.05, 4.69) is 47.0 Å². The maximum absolute atomic E-state index is 17.0. The third kappa shape index (κ3) is 11.2. The highest BCUT2D eigenvalue weighted by Crippen LogP contribution is 2.56. The third-order valence-corrected chi connectivity index (χ3v) is 24.5. The zero-order chi connectivity index (χ0) is 74.6. The number of nitrogens with one attached hydrogen (secondary N) is 4. The standard InChI is InChI=1S/C70H38ClF2N18O13S6/c71-28-13-44-66(83-55(28)61-70(99)89(35-7-8-74-19-45(35)109-61)64-30(73)15-43-63(85-64)82-49(94)22-105-43)90(51(96)23-107-44)46-6-5-42-65(80-46)91(52(97)24-106-42)58-53(31-2-4-39-62(78-31)81-48(93)21-103-39)57-69(110-87-86-57)84-56(58)34-17-41-60(101-10-9-100-41)54(77-34)27-12-37-68(75-18-27)108-25-50(95)88(37)36-16-33-40(14-29(36)72)104-59(67(98)79-33)26-1-3-38-32(11-26)76-47(92)20-102-38/h1-7,11-19,59,61H,9-10,20-25H2,(H,76,92)(H,79,98)(H,78,81,93)(H,82,85,94). The Bertz CT molecular complexity index is 6090. The molecule has 0 saturated heterocycles. The van der Waals surface area contributed by atoms with Gasteiger partial charge in [0.2, 0.25) is 29.7 Å². The summed E-state index contributed by atoms with van der Waals surface area (Å²) in [4.78, 5) is 157. The predicted octanol–water partition coefficient (Wildman–Crippen LogP) is 11.0. The van der Waals surface area contributed by atoms with Gasteiger partial charge in [-0.05, 0) is 66.7 Å². The van der Waals surface area contributed by atoms with E-state index >= 15 is 18.4 Å². The number of hydrogen-bond acceptors (Lipinski definition) is 29. The van der Waals surface area contributed by atoms with Gasteiger partial charge in [0.25, 0.3) is 23.6 Å². The number of benzene rings is 2. The highest BCUT2D eigenvalue weighted by atomic mass is 35.5. The van der Waals surface area contributed by atoms with Crippen molar-refractivity contribution >= 4 is 209 Å². The molecule has 4 N–H and O–H groups in total. The van der Waals surface area contributed by atoms with Gasteiger partial charge in [-0.1, -0.05) is 33.9 Å². The molecule has 9 aromatic heterocycles. The number of ether oxygens (including phenoxy) is 5. The number of carbonyl (C=O) groups excluding carboxylic acids is 8. The van der Waals surface area contributed by atoms with Gasteiger partial charge in [0, 0.05) is 47.2 Å². The minimum atomic E-state index is -1.33. The molecule has 1 radical (unpaired) electrons. The summed E-state index contributed by atoms with van der Waals surface area (Å²) in [5, 5.41) is 14.5. The molecule has 0 aliphatic carbocycles. The SMILES string of the molecule is O=C1COc2ccc(C3Oc4cc(F)c(N5C(=O)CSc6ncc(-c7nc(-c8nc9snnc9c(-c9ccc%10c(n9)NC(=O)CO%10)c8N8C(=O)CSc9ccc(N%10C(=O)CSc%11cc(Cl)c(C%12Sc%13cn[c]cc%13N(c%13nc%14c(cc%13F)SCC(=O)N%14)C%12=O)nc%11%10)nc98)cc8c7OCCO8)cc65)cc4NC3=O)cc2N1. The van der Waals surface area contributed by atoms with E-state index in [1.54, 1.807) is 54.6 Å². The van der Waals surface area contributed by atoms with Crippen LogP contribution in [-0.2, 0) is 38.4 Å². The van der Waals surface area contributed by atoms with Gasteiger partial charge in [0.1, 0.15) is 63.5 Å². The van der Waals surface area contributed by atoms with Gasteiger partial charge in [0.05, 0.1) is 111 Å². The predicted molar refractivity (Wildman–Crippen MR) is 398 cm³/mol. The molecule has 0 spiro atoms. The summed E-state index contributed by atoms with van der Waals surface area (Å²) in [7, 11) is 0. The Morgan fingerprint density at radius 3 is 2.22 bits per heavy atom. The first kappa shape index (κ1) is 67.5. The average molecular weight is 1610 g/mol. The topological polar surface area (TPSA) is 373 Å². The summed E-state index contributed by atoms with van der Waals surface area (Å²) in [6.45, 7) is -0.363. The van der Waals surface area contributed by atoms with Gasteiger partial charge < -0.3 is 45.0 Å². The Labute approximate surface area is 644 Å². The lowest BCUT2D eigenvalue weighted by Crippen LogP contribution is -2.37. The van der Waals surface area contributed by atoms with E-state index in [1.807, 2.05) is 0 Å². The number of pyridine rings is 8. The second kappa shape index (κ2) is 26.2. The van der Waals surface area contributed by atoms with Crippen LogP contribution in [0, 0.1) is 17.8 Å². The summed E-state index contributed by atoms with van der Waals surface area (Å²) < 4.78 is 67.9. The number of nitrogens with zero attached hydrogens (tertiary/aromatic N) is 14. The largest absolute Gasteiger partial charge is 0.486 e. The molecule has 0 bridgehead atoms.